The van der Waals surface area contributed by atoms with Crippen molar-refractivity contribution in [2.24, 2.45) is 4.99 Å². The van der Waals surface area contributed by atoms with Crippen molar-refractivity contribution in [2.45, 2.75) is 69.4 Å². The van der Waals surface area contributed by atoms with E-state index in [0.29, 0.717) is 0 Å². The first-order chi connectivity index (χ1) is 13.2. The lowest BCUT2D eigenvalue weighted by Crippen LogP contribution is -2.72. The fraction of sp³-hybridized carbons (Fsp3) is 0.933. The minimum atomic E-state index is -7.91. The molecule has 0 atom stereocenters. The van der Waals surface area contributed by atoms with Gasteiger partial charge < -0.3 is 4.90 Å². The molecule has 0 aliphatic rings. The third kappa shape index (κ3) is 4.43. The highest BCUT2D eigenvalue weighted by atomic mass is 19.4. The summed E-state index contributed by atoms with van der Waals surface area (Å²) in [5.41, 5.74) is 0. The number of rotatable bonds is 10. The van der Waals surface area contributed by atoms with Crippen LogP contribution >= 0.6 is 0 Å². The number of nitrogens with zero attached hydrogens (tertiary/aromatic N) is 2. The molecule has 180 valence electrons. The Morgan fingerprint density at radius 3 is 1.37 bits per heavy atom. The minimum Gasteiger partial charge on any atom is -0.356 e. The number of hydrogen-bond acceptors (Lipinski definition) is 1. The van der Waals surface area contributed by atoms with Gasteiger partial charge in [0, 0.05) is 19.6 Å². The standard InChI is InChI=1S/C15H19F13N2/c1-4-7-8-29-9(30(5-2)6-3)10(16,17)11(18,19)12(20,21)13(22,23)14(24,25)15(26,27)28/h4-8H2,1-3H3. The maximum atomic E-state index is 14.4. The second kappa shape index (κ2) is 8.97. The summed E-state index contributed by atoms with van der Waals surface area (Å²) in [6.07, 6.45) is -7.18. The van der Waals surface area contributed by atoms with E-state index in [9.17, 15) is 57.1 Å². The molecule has 0 radical (unpaired) electrons. The number of halogens is 13. The molecule has 0 fully saturated rings. The van der Waals surface area contributed by atoms with E-state index in [0.717, 1.165) is 13.8 Å². The first kappa shape index (κ1) is 28.6. The lowest BCUT2D eigenvalue weighted by Gasteiger charge is -2.41. The number of alkyl halides is 13. The van der Waals surface area contributed by atoms with Crippen molar-refractivity contribution in [2.75, 3.05) is 19.6 Å². The Balaban J connectivity index is 6.65. The molecule has 0 aliphatic heterocycles. The molecule has 2 nitrogen and oxygen atoms in total. The Morgan fingerprint density at radius 1 is 0.633 bits per heavy atom. The lowest BCUT2D eigenvalue weighted by molar-refractivity contribution is -0.435. The maximum Gasteiger partial charge on any atom is 0.460 e. The molecule has 0 saturated heterocycles. The minimum absolute atomic E-state index is 0.0227. The molecule has 0 aromatic rings. The molecule has 0 heterocycles. The molecule has 0 aromatic heterocycles. The van der Waals surface area contributed by atoms with Crippen LogP contribution in [-0.2, 0) is 0 Å². The molecule has 0 spiro atoms. The van der Waals surface area contributed by atoms with Crippen LogP contribution in [0.3, 0.4) is 0 Å². The number of aliphatic imine (C=N–C) groups is 1. The van der Waals surface area contributed by atoms with Crippen molar-refractivity contribution >= 4 is 5.84 Å². The van der Waals surface area contributed by atoms with Crippen molar-refractivity contribution in [1.29, 1.82) is 0 Å². The summed E-state index contributed by atoms with van der Waals surface area (Å²) in [5.74, 6) is -39.3. The van der Waals surface area contributed by atoms with Gasteiger partial charge in [0.05, 0.1) is 0 Å². The van der Waals surface area contributed by atoms with Crippen molar-refractivity contribution in [3.05, 3.63) is 0 Å². The lowest BCUT2D eigenvalue weighted by atomic mass is 9.93. The highest BCUT2D eigenvalue weighted by Crippen LogP contribution is 2.60. The Labute approximate surface area is 163 Å². The summed E-state index contributed by atoms with van der Waals surface area (Å²) >= 11 is 0. The van der Waals surface area contributed by atoms with Gasteiger partial charge >= 0.3 is 35.8 Å². The first-order valence-electron chi connectivity index (χ1n) is 8.47. The summed E-state index contributed by atoms with van der Waals surface area (Å²) < 4.78 is 173. The van der Waals surface area contributed by atoms with Gasteiger partial charge in [-0.2, -0.15) is 57.1 Å². The van der Waals surface area contributed by atoms with E-state index in [2.05, 4.69) is 4.99 Å². The number of hydrogen-bond donors (Lipinski definition) is 0. The number of amidine groups is 1. The van der Waals surface area contributed by atoms with Gasteiger partial charge in [0.1, 0.15) is 0 Å². The topological polar surface area (TPSA) is 15.6 Å². The second-order valence-corrected chi connectivity index (χ2v) is 6.10. The molecule has 30 heavy (non-hydrogen) atoms. The van der Waals surface area contributed by atoms with Crippen molar-refractivity contribution in [3.63, 3.8) is 0 Å². The van der Waals surface area contributed by atoms with E-state index in [1.54, 1.807) is 0 Å². The summed E-state index contributed by atoms with van der Waals surface area (Å²) in [6.45, 7) is 1.90. The molecule has 0 saturated carbocycles. The highest BCUT2D eigenvalue weighted by molar-refractivity contribution is 5.90. The fourth-order valence-corrected chi connectivity index (χ4v) is 2.17. The van der Waals surface area contributed by atoms with Crippen LogP contribution < -0.4 is 0 Å². The number of unbranched alkanes of at least 4 members (excludes halogenated alkanes) is 1. The van der Waals surface area contributed by atoms with E-state index < -0.39 is 61.3 Å². The van der Waals surface area contributed by atoms with Crippen LogP contribution in [0.15, 0.2) is 4.99 Å². The summed E-state index contributed by atoms with van der Waals surface area (Å²) in [7, 11) is 0. The molecule has 0 bridgehead atoms. The summed E-state index contributed by atoms with van der Waals surface area (Å²) in [4.78, 5) is 3.30. The van der Waals surface area contributed by atoms with Crippen molar-refractivity contribution < 1.29 is 57.1 Å². The average Bonchev–Trinajstić information content (AvgIpc) is 2.59. The smallest absolute Gasteiger partial charge is 0.356 e. The van der Waals surface area contributed by atoms with E-state index in [4.69, 9.17) is 0 Å². The van der Waals surface area contributed by atoms with Crippen LogP contribution in [0.25, 0.3) is 0 Å². The molecule has 15 heteroatoms. The molecule has 0 amide bonds. The van der Waals surface area contributed by atoms with Gasteiger partial charge in [0.25, 0.3) is 0 Å². The Bertz CT molecular complexity index is 592. The summed E-state index contributed by atoms with van der Waals surface area (Å²) in [5, 5.41) is 0. The van der Waals surface area contributed by atoms with E-state index in [1.165, 1.54) is 6.92 Å². The van der Waals surface area contributed by atoms with Gasteiger partial charge in [-0.15, -0.1) is 0 Å². The Hall–Kier alpha value is -1.44. The molecule has 0 aliphatic carbocycles. The zero-order valence-electron chi connectivity index (χ0n) is 15.8. The van der Waals surface area contributed by atoms with Crippen molar-refractivity contribution in [1.82, 2.24) is 4.90 Å². The van der Waals surface area contributed by atoms with Crippen LogP contribution in [-0.4, -0.2) is 66.2 Å². The fourth-order valence-electron chi connectivity index (χ4n) is 2.17. The summed E-state index contributed by atoms with van der Waals surface area (Å²) in [6, 6.07) is 0. The van der Waals surface area contributed by atoms with E-state index in [1.807, 2.05) is 0 Å². The van der Waals surface area contributed by atoms with Crippen LogP contribution in [0.5, 0.6) is 0 Å². The SMILES string of the molecule is CCCCN=C(N(CC)CC)C(F)(F)C(F)(F)C(F)(F)C(F)(F)C(F)(F)C(F)(F)F. The predicted molar refractivity (Wildman–Crippen MR) is 80.9 cm³/mol. The normalized spacial score (nSPS) is 15.5. The van der Waals surface area contributed by atoms with Gasteiger partial charge in [-0.05, 0) is 20.3 Å². The van der Waals surface area contributed by atoms with E-state index >= 15 is 0 Å². The largest absolute Gasteiger partial charge is 0.460 e. The van der Waals surface area contributed by atoms with Gasteiger partial charge in [-0.1, -0.05) is 13.3 Å². The highest BCUT2D eigenvalue weighted by Gasteiger charge is 2.91. The van der Waals surface area contributed by atoms with Crippen LogP contribution in [0, 0.1) is 0 Å². The zero-order chi connectivity index (χ0) is 24.4. The zero-order valence-corrected chi connectivity index (χ0v) is 15.8. The van der Waals surface area contributed by atoms with Gasteiger partial charge in [0.15, 0.2) is 5.84 Å². The van der Waals surface area contributed by atoms with Crippen molar-refractivity contribution in [3.8, 4) is 0 Å². The predicted octanol–water partition coefficient (Wildman–Crippen LogP) is 6.27. The average molecular weight is 474 g/mol. The molecular formula is C15H19F13N2. The van der Waals surface area contributed by atoms with Gasteiger partial charge in [0.2, 0.25) is 0 Å². The third-order valence-electron chi connectivity index (χ3n) is 4.05. The Kier molecular flexibility index (Phi) is 8.54. The second-order valence-electron chi connectivity index (χ2n) is 6.10. The van der Waals surface area contributed by atoms with Crippen LogP contribution in [0.1, 0.15) is 33.6 Å². The Morgan fingerprint density at radius 2 is 1.03 bits per heavy atom. The quantitative estimate of drug-likeness (QED) is 0.158. The molecular weight excluding hydrogens is 455 g/mol. The van der Waals surface area contributed by atoms with E-state index in [-0.39, 0.29) is 17.7 Å². The molecule has 0 aromatic carbocycles. The van der Waals surface area contributed by atoms with Crippen LogP contribution in [0.4, 0.5) is 57.1 Å². The first-order valence-corrected chi connectivity index (χ1v) is 8.47. The monoisotopic (exact) mass is 474 g/mol. The van der Waals surface area contributed by atoms with Crippen LogP contribution in [0.2, 0.25) is 0 Å². The molecule has 0 rings (SSSR count). The molecule has 0 unspecified atom stereocenters. The third-order valence-corrected chi connectivity index (χ3v) is 4.05. The van der Waals surface area contributed by atoms with Gasteiger partial charge in [-0.25, -0.2) is 0 Å². The van der Waals surface area contributed by atoms with Gasteiger partial charge in [-0.3, -0.25) is 4.99 Å². The molecule has 0 N–H and O–H groups in total. The maximum absolute atomic E-state index is 14.4.